The van der Waals surface area contributed by atoms with E-state index in [9.17, 15) is 13.2 Å². The van der Waals surface area contributed by atoms with Gasteiger partial charge in [0.25, 0.3) is 0 Å². The maximum Gasteiger partial charge on any atom is 0.490 e. The van der Waals surface area contributed by atoms with E-state index < -0.39 is 12.1 Å². The third kappa shape index (κ3) is 6.96. The Hall–Kier alpha value is -2.50. The third-order valence-corrected chi connectivity index (χ3v) is 3.61. The molecule has 0 aliphatic heterocycles. The smallest absolute Gasteiger partial charge is 0.488 e. The second-order valence-electron chi connectivity index (χ2n) is 7.26. The van der Waals surface area contributed by atoms with Gasteiger partial charge in [-0.05, 0) is 81.5 Å². The fourth-order valence-corrected chi connectivity index (χ4v) is 2.57. The molecule has 0 aliphatic rings. The molecule has 0 heterocycles. The van der Waals surface area contributed by atoms with E-state index in [0.29, 0.717) is 0 Å². The number of benzene rings is 2. The number of aryl methyl sites for hydroxylation is 3. The number of carboxylic acid groups (broad SMARTS) is 1. The third-order valence-electron chi connectivity index (χ3n) is 3.61. The highest BCUT2D eigenvalue weighted by atomic mass is 19.4. The summed E-state index contributed by atoms with van der Waals surface area (Å²) in [7, 11) is 0. The van der Waals surface area contributed by atoms with Crippen molar-refractivity contribution in [2.24, 2.45) is 0 Å². The minimum atomic E-state index is -5.08. The molecule has 0 spiro atoms. The molecule has 2 rings (SSSR count). The molecule has 1 N–H and O–H groups in total. The first-order valence-corrected chi connectivity index (χ1v) is 8.38. The van der Waals surface area contributed by atoms with Gasteiger partial charge in [-0.25, -0.2) is 4.79 Å². The van der Waals surface area contributed by atoms with Crippen molar-refractivity contribution in [1.82, 2.24) is 0 Å². The van der Waals surface area contributed by atoms with Gasteiger partial charge >= 0.3 is 12.1 Å². The molecule has 0 bridgehead atoms. The summed E-state index contributed by atoms with van der Waals surface area (Å²) in [4.78, 5) is 8.90. The van der Waals surface area contributed by atoms with Gasteiger partial charge in [0.2, 0.25) is 0 Å². The van der Waals surface area contributed by atoms with E-state index in [2.05, 4.69) is 77.9 Å². The van der Waals surface area contributed by atoms with Gasteiger partial charge in [-0.1, -0.05) is 24.3 Å². The largest absolute Gasteiger partial charge is 0.490 e. The van der Waals surface area contributed by atoms with Crippen LogP contribution in [0.1, 0.15) is 37.5 Å². The highest BCUT2D eigenvalue weighted by molar-refractivity contribution is 5.74. The monoisotopic (exact) mass is 382 g/mol. The SMILES string of the molecule is Cc1cc(OC(C)(C)C)ccc1-c1c(C)cccc1C.O=C(O)C(F)(F)F. The van der Waals surface area contributed by atoms with Crippen LogP contribution in [0.3, 0.4) is 0 Å². The zero-order valence-electron chi connectivity index (χ0n) is 16.4. The van der Waals surface area contributed by atoms with Crippen LogP contribution in [-0.4, -0.2) is 22.9 Å². The Morgan fingerprint density at radius 3 is 1.78 bits per heavy atom. The zero-order chi connectivity index (χ0) is 21.0. The van der Waals surface area contributed by atoms with Crippen LogP contribution in [-0.2, 0) is 4.79 Å². The number of hydrogen-bond acceptors (Lipinski definition) is 2. The fraction of sp³-hybridized carbons (Fsp3) is 0.381. The summed E-state index contributed by atoms with van der Waals surface area (Å²) in [5, 5.41) is 7.12. The first-order valence-electron chi connectivity index (χ1n) is 8.38. The van der Waals surface area contributed by atoms with Crippen LogP contribution in [0.15, 0.2) is 36.4 Å². The predicted molar refractivity (Wildman–Crippen MR) is 100 cm³/mol. The number of alkyl halides is 3. The topological polar surface area (TPSA) is 46.5 Å². The van der Waals surface area contributed by atoms with Gasteiger partial charge < -0.3 is 9.84 Å². The van der Waals surface area contributed by atoms with Crippen molar-refractivity contribution in [2.45, 2.75) is 53.3 Å². The van der Waals surface area contributed by atoms with Gasteiger partial charge in [0.05, 0.1) is 0 Å². The molecule has 0 aliphatic carbocycles. The van der Waals surface area contributed by atoms with Gasteiger partial charge in [-0.15, -0.1) is 0 Å². The number of carbonyl (C=O) groups is 1. The number of carboxylic acids is 1. The Morgan fingerprint density at radius 2 is 1.41 bits per heavy atom. The lowest BCUT2D eigenvalue weighted by Crippen LogP contribution is -2.22. The van der Waals surface area contributed by atoms with Crippen molar-refractivity contribution >= 4 is 5.97 Å². The van der Waals surface area contributed by atoms with Crippen LogP contribution in [0.25, 0.3) is 11.1 Å². The normalized spacial score (nSPS) is 11.4. The van der Waals surface area contributed by atoms with Gasteiger partial charge in [0.1, 0.15) is 11.4 Å². The van der Waals surface area contributed by atoms with Crippen molar-refractivity contribution in [3.05, 3.63) is 53.1 Å². The molecule has 0 radical (unpaired) electrons. The quantitative estimate of drug-likeness (QED) is 0.684. The van der Waals surface area contributed by atoms with Crippen LogP contribution >= 0.6 is 0 Å². The minimum absolute atomic E-state index is 0.160. The zero-order valence-corrected chi connectivity index (χ0v) is 16.4. The van der Waals surface area contributed by atoms with E-state index >= 15 is 0 Å². The second-order valence-corrected chi connectivity index (χ2v) is 7.26. The average molecular weight is 382 g/mol. The summed E-state index contributed by atoms with van der Waals surface area (Å²) >= 11 is 0. The molecule has 0 saturated heterocycles. The van der Waals surface area contributed by atoms with E-state index in [1.165, 1.54) is 27.8 Å². The highest BCUT2D eigenvalue weighted by Crippen LogP contribution is 2.32. The van der Waals surface area contributed by atoms with Crippen molar-refractivity contribution in [2.75, 3.05) is 0 Å². The highest BCUT2D eigenvalue weighted by Gasteiger charge is 2.38. The van der Waals surface area contributed by atoms with Crippen molar-refractivity contribution in [1.29, 1.82) is 0 Å². The lowest BCUT2D eigenvalue weighted by Gasteiger charge is -2.22. The summed E-state index contributed by atoms with van der Waals surface area (Å²) in [5.41, 5.74) is 6.36. The number of rotatable bonds is 2. The number of aliphatic carboxylic acids is 1. The lowest BCUT2D eigenvalue weighted by atomic mass is 9.93. The van der Waals surface area contributed by atoms with Crippen LogP contribution in [0.5, 0.6) is 5.75 Å². The molecule has 0 fully saturated rings. The number of ether oxygens (including phenoxy) is 1. The predicted octanol–water partition coefficient (Wildman–Crippen LogP) is 6.09. The van der Waals surface area contributed by atoms with Crippen LogP contribution < -0.4 is 4.74 Å². The first-order chi connectivity index (χ1) is 12.2. The molecule has 0 saturated carbocycles. The summed E-state index contributed by atoms with van der Waals surface area (Å²) in [6.07, 6.45) is -5.08. The molecule has 0 aromatic heterocycles. The van der Waals surface area contributed by atoms with E-state index in [0.717, 1.165) is 5.75 Å². The first kappa shape index (κ1) is 22.5. The van der Waals surface area contributed by atoms with Crippen LogP contribution in [0, 0.1) is 20.8 Å². The van der Waals surface area contributed by atoms with Gasteiger partial charge in [-0.2, -0.15) is 13.2 Å². The van der Waals surface area contributed by atoms with Gasteiger partial charge in [-0.3, -0.25) is 0 Å². The van der Waals surface area contributed by atoms with E-state index in [-0.39, 0.29) is 5.60 Å². The standard InChI is InChI=1S/C19H24O.C2HF3O2/c1-13-8-7-9-14(2)18(13)17-11-10-16(12-15(17)3)20-19(4,5)6;3-2(4,5)1(6)7/h7-12H,1-6H3;(H,6,7). The number of hydrogen-bond donors (Lipinski definition) is 1. The van der Waals surface area contributed by atoms with E-state index in [1.807, 2.05) is 0 Å². The average Bonchev–Trinajstić information content (AvgIpc) is 2.47. The Bertz CT molecular complexity index is 783. The minimum Gasteiger partial charge on any atom is -0.488 e. The summed E-state index contributed by atoms with van der Waals surface area (Å²) in [6.45, 7) is 12.7. The molecule has 0 unspecified atom stereocenters. The van der Waals surface area contributed by atoms with Gasteiger partial charge in [0, 0.05) is 0 Å². The maximum absolute atomic E-state index is 10.6. The molecule has 27 heavy (non-hydrogen) atoms. The van der Waals surface area contributed by atoms with Gasteiger partial charge in [0.15, 0.2) is 0 Å². The molecule has 0 amide bonds. The summed E-state index contributed by atoms with van der Waals surface area (Å²) in [6, 6.07) is 12.8. The Labute approximate surface area is 157 Å². The molecule has 2 aromatic carbocycles. The van der Waals surface area contributed by atoms with E-state index in [1.54, 1.807) is 0 Å². The molecular weight excluding hydrogens is 357 g/mol. The number of halogens is 3. The second kappa shape index (κ2) is 8.46. The van der Waals surface area contributed by atoms with Crippen LogP contribution in [0.4, 0.5) is 13.2 Å². The van der Waals surface area contributed by atoms with E-state index in [4.69, 9.17) is 14.6 Å². The molecular formula is C21H25F3O3. The summed E-state index contributed by atoms with van der Waals surface area (Å²) in [5.74, 6) is -1.82. The fourth-order valence-electron chi connectivity index (χ4n) is 2.57. The van der Waals surface area contributed by atoms with Crippen molar-refractivity contribution < 1.29 is 27.8 Å². The maximum atomic E-state index is 10.6. The Kier molecular flexibility index (Phi) is 7.06. The molecule has 148 valence electrons. The van der Waals surface area contributed by atoms with Crippen molar-refractivity contribution in [3.63, 3.8) is 0 Å². The van der Waals surface area contributed by atoms with Crippen molar-refractivity contribution in [3.8, 4) is 16.9 Å². The molecule has 2 aromatic rings. The Balaban J connectivity index is 0.000000445. The molecule has 6 heteroatoms. The molecule has 0 atom stereocenters. The van der Waals surface area contributed by atoms with Crippen LogP contribution in [0.2, 0.25) is 0 Å². The lowest BCUT2D eigenvalue weighted by molar-refractivity contribution is -0.192. The summed E-state index contributed by atoms with van der Waals surface area (Å²) < 4.78 is 37.7. The Morgan fingerprint density at radius 1 is 0.926 bits per heavy atom. The molecule has 3 nitrogen and oxygen atoms in total.